The molecule has 1 fully saturated rings. The molecule has 37 heavy (non-hydrogen) atoms. The summed E-state index contributed by atoms with van der Waals surface area (Å²) in [5.41, 5.74) is 6.76. The number of fused-ring (bicyclic) bond motifs is 1. The molecule has 186 valence electrons. The highest BCUT2D eigenvalue weighted by atomic mass is 35.5. The Balaban J connectivity index is 1.38. The highest BCUT2D eigenvalue weighted by Crippen LogP contribution is 2.48. The molecule has 0 radical (unpaired) electrons. The van der Waals surface area contributed by atoms with Gasteiger partial charge in [0.05, 0.1) is 31.7 Å². The molecule has 1 saturated carbocycles. The van der Waals surface area contributed by atoms with Crippen molar-refractivity contribution < 1.29 is 9.47 Å². The molecular formula is C30H26ClN3O2S. The Morgan fingerprint density at radius 2 is 1.59 bits per heavy atom. The molecule has 1 aliphatic carbocycles. The van der Waals surface area contributed by atoms with Gasteiger partial charge in [0.25, 0.3) is 0 Å². The quantitative estimate of drug-likeness (QED) is 0.256. The van der Waals surface area contributed by atoms with E-state index in [-0.39, 0.29) is 6.04 Å². The summed E-state index contributed by atoms with van der Waals surface area (Å²) in [5.74, 6) is 2.00. The van der Waals surface area contributed by atoms with Gasteiger partial charge in [0, 0.05) is 21.9 Å². The van der Waals surface area contributed by atoms with Crippen molar-refractivity contribution in [3.05, 3.63) is 99.9 Å². The van der Waals surface area contributed by atoms with Crippen LogP contribution in [0.15, 0.2) is 88.9 Å². The van der Waals surface area contributed by atoms with Gasteiger partial charge in [-0.2, -0.15) is 5.10 Å². The molecule has 2 heterocycles. The maximum atomic E-state index is 6.09. The van der Waals surface area contributed by atoms with Crippen LogP contribution < -0.4 is 14.5 Å². The smallest absolute Gasteiger partial charge is 0.207 e. The average Bonchev–Trinajstić information content (AvgIpc) is 3.66. The predicted octanol–water partition coefficient (Wildman–Crippen LogP) is 7.89. The lowest BCUT2D eigenvalue weighted by atomic mass is 9.91. The lowest BCUT2D eigenvalue weighted by Crippen LogP contribution is -2.24. The number of halogens is 1. The van der Waals surface area contributed by atoms with Crippen molar-refractivity contribution in [3.8, 4) is 22.8 Å². The number of hydrogen-bond acceptors (Lipinski definition) is 6. The molecular weight excluding hydrogens is 502 g/mol. The highest BCUT2D eigenvalue weighted by Gasteiger charge is 2.44. The normalized spacial score (nSPS) is 19.7. The van der Waals surface area contributed by atoms with Crippen molar-refractivity contribution in [2.75, 3.05) is 19.2 Å². The first-order chi connectivity index (χ1) is 18.1. The van der Waals surface area contributed by atoms with E-state index in [0.29, 0.717) is 10.9 Å². The van der Waals surface area contributed by atoms with Gasteiger partial charge in [0.1, 0.15) is 11.5 Å². The van der Waals surface area contributed by atoms with E-state index in [4.69, 9.17) is 31.2 Å². The van der Waals surface area contributed by atoms with E-state index in [9.17, 15) is 0 Å². The van der Waals surface area contributed by atoms with E-state index in [0.717, 1.165) is 52.0 Å². The van der Waals surface area contributed by atoms with Crippen LogP contribution >= 0.6 is 22.9 Å². The van der Waals surface area contributed by atoms with Crippen LogP contribution in [-0.2, 0) is 0 Å². The third-order valence-corrected chi connectivity index (χ3v) is 8.09. The zero-order valence-electron chi connectivity index (χ0n) is 20.6. The lowest BCUT2D eigenvalue weighted by Gasteiger charge is -2.25. The maximum Gasteiger partial charge on any atom is 0.207 e. The largest absolute Gasteiger partial charge is 0.497 e. The molecule has 0 spiro atoms. The van der Waals surface area contributed by atoms with Gasteiger partial charge in [-0.05, 0) is 72.0 Å². The monoisotopic (exact) mass is 527 g/mol. The number of hydrogen-bond donors (Lipinski definition) is 0. The Hall–Kier alpha value is -3.61. The Labute approximate surface area is 225 Å². The van der Waals surface area contributed by atoms with Crippen LogP contribution in [0.4, 0.5) is 5.13 Å². The third-order valence-electron chi connectivity index (χ3n) is 7.01. The number of anilines is 1. The van der Waals surface area contributed by atoms with E-state index >= 15 is 0 Å². The molecule has 0 saturated heterocycles. The number of rotatable bonds is 6. The summed E-state index contributed by atoms with van der Waals surface area (Å²) in [6.45, 7) is 0. The first-order valence-electron chi connectivity index (χ1n) is 12.2. The molecule has 2 atom stereocenters. The molecule has 6 rings (SSSR count). The third kappa shape index (κ3) is 4.63. The molecule has 0 N–H and O–H groups in total. The predicted molar refractivity (Wildman–Crippen MR) is 152 cm³/mol. The molecule has 1 aliphatic heterocycles. The number of benzene rings is 3. The fourth-order valence-corrected chi connectivity index (χ4v) is 6.06. The first kappa shape index (κ1) is 23.8. The fourth-order valence-electron chi connectivity index (χ4n) is 5.11. The topological polar surface area (TPSA) is 47.0 Å². The van der Waals surface area contributed by atoms with E-state index in [1.54, 1.807) is 25.6 Å². The lowest BCUT2D eigenvalue weighted by molar-refractivity contribution is 0.414. The number of thiazole rings is 1. The molecule has 3 aromatic carbocycles. The summed E-state index contributed by atoms with van der Waals surface area (Å²) in [6, 6.07) is 24.4. The van der Waals surface area contributed by atoms with Gasteiger partial charge < -0.3 is 9.47 Å². The average molecular weight is 528 g/mol. The Morgan fingerprint density at radius 3 is 2.27 bits per heavy atom. The van der Waals surface area contributed by atoms with E-state index in [2.05, 4.69) is 40.7 Å². The Kier molecular flexibility index (Phi) is 6.45. The van der Waals surface area contributed by atoms with Gasteiger partial charge in [0.15, 0.2) is 0 Å². The number of aromatic nitrogens is 1. The highest BCUT2D eigenvalue weighted by molar-refractivity contribution is 7.14. The van der Waals surface area contributed by atoms with Crippen LogP contribution in [0.1, 0.15) is 30.0 Å². The van der Waals surface area contributed by atoms with E-state index < -0.39 is 0 Å². The second-order valence-corrected chi connectivity index (χ2v) is 10.4. The van der Waals surface area contributed by atoms with Crippen LogP contribution in [0.2, 0.25) is 5.02 Å². The minimum atomic E-state index is 0.0758. The van der Waals surface area contributed by atoms with E-state index in [1.807, 2.05) is 48.5 Å². The molecule has 0 bridgehead atoms. The molecule has 0 amide bonds. The van der Waals surface area contributed by atoms with Gasteiger partial charge in [-0.1, -0.05) is 48.0 Å². The van der Waals surface area contributed by atoms with Crippen molar-refractivity contribution in [1.29, 1.82) is 0 Å². The Bertz CT molecular complexity index is 1460. The molecule has 2 aliphatic rings. The minimum Gasteiger partial charge on any atom is -0.497 e. The molecule has 4 aromatic rings. The number of allylic oxidation sites excluding steroid dienone is 1. The zero-order valence-corrected chi connectivity index (χ0v) is 22.2. The summed E-state index contributed by atoms with van der Waals surface area (Å²) < 4.78 is 10.7. The Morgan fingerprint density at radius 1 is 0.919 bits per heavy atom. The van der Waals surface area contributed by atoms with Crippen LogP contribution in [0.5, 0.6) is 11.5 Å². The molecule has 1 aromatic heterocycles. The SMILES string of the molecule is COc1ccc(/C=C2\CCC3C2=NN(c2nc(-c4ccc(Cl)cc4)cs2)C3c2ccc(OC)cc2)cc1. The second kappa shape index (κ2) is 10.0. The van der Waals surface area contributed by atoms with Gasteiger partial charge in [-0.15, -0.1) is 11.3 Å². The van der Waals surface area contributed by atoms with Gasteiger partial charge in [-0.3, -0.25) is 0 Å². The molecule has 7 heteroatoms. The van der Waals surface area contributed by atoms with Crippen LogP contribution in [0, 0.1) is 5.92 Å². The van der Waals surface area contributed by atoms with Gasteiger partial charge in [-0.25, -0.2) is 9.99 Å². The van der Waals surface area contributed by atoms with Crippen LogP contribution in [0.25, 0.3) is 17.3 Å². The second-order valence-electron chi connectivity index (χ2n) is 9.16. The van der Waals surface area contributed by atoms with Crippen molar-refractivity contribution >= 4 is 39.9 Å². The number of ether oxygens (including phenoxy) is 2. The number of nitrogens with zero attached hydrogens (tertiary/aromatic N) is 3. The van der Waals surface area contributed by atoms with E-state index in [1.165, 1.54) is 11.1 Å². The zero-order chi connectivity index (χ0) is 25.4. The van der Waals surface area contributed by atoms with Crippen LogP contribution in [0.3, 0.4) is 0 Å². The summed E-state index contributed by atoms with van der Waals surface area (Å²) in [4.78, 5) is 4.99. The molecule has 5 nitrogen and oxygen atoms in total. The summed E-state index contributed by atoms with van der Waals surface area (Å²) in [7, 11) is 3.38. The fraction of sp³-hybridized carbons (Fsp3) is 0.200. The summed E-state index contributed by atoms with van der Waals surface area (Å²) >= 11 is 7.71. The van der Waals surface area contributed by atoms with Crippen molar-refractivity contribution in [2.24, 2.45) is 11.0 Å². The first-order valence-corrected chi connectivity index (χ1v) is 13.5. The van der Waals surface area contributed by atoms with Crippen molar-refractivity contribution in [1.82, 2.24) is 4.98 Å². The minimum absolute atomic E-state index is 0.0758. The summed E-state index contributed by atoms with van der Waals surface area (Å²) in [5, 5.41) is 11.0. The standard InChI is InChI=1S/C30H26ClN3O2S/c1-35-24-12-3-19(4-13-24)17-22-9-16-26-28(22)33-34(29(26)21-7-14-25(36-2)15-8-21)30-32-27(18-37-30)20-5-10-23(31)11-6-20/h3-8,10-15,17-18,26,29H,9,16H2,1-2H3/b22-17+. The maximum absolute atomic E-state index is 6.09. The summed E-state index contributed by atoms with van der Waals surface area (Å²) in [6.07, 6.45) is 4.31. The van der Waals surface area contributed by atoms with Crippen molar-refractivity contribution in [3.63, 3.8) is 0 Å². The van der Waals surface area contributed by atoms with Gasteiger partial charge in [0.2, 0.25) is 5.13 Å². The number of hydrazone groups is 1. The molecule has 2 unspecified atom stereocenters. The van der Waals surface area contributed by atoms with Crippen molar-refractivity contribution in [2.45, 2.75) is 18.9 Å². The number of methoxy groups -OCH3 is 2. The van der Waals surface area contributed by atoms with Crippen LogP contribution in [-0.4, -0.2) is 24.9 Å². The van der Waals surface area contributed by atoms with Gasteiger partial charge >= 0.3 is 0 Å².